The molecular formula is C59H37NO. The van der Waals surface area contributed by atoms with E-state index in [0.29, 0.717) is 0 Å². The van der Waals surface area contributed by atoms with E-state index in [4.69, 9.17) is 4.42 Å². The third-order valence-corrected chi connectivity index (χ3v) is 13.3. The number of hydrogen-bond acceptors (Lipinski definition) is 2. The van der Waals surface area contributed by atoms with E-state index < -0.39 is 5.41 Å². The van der Waals surface area contributed by atoms with Gasteiger partial charge in [-0.05, 0) is 102 Å². The molecule has 0 radical (unpaired) electrons. The Labute approximate surface area is 354 Å². The van der Waals surface area contributed by atoms with E-state index >= 15 is 0 Å². The van der Waals surface area contributed by atoms with Crippen LogP contribution in [0, 0.1) is 0 Å². The molecule has 2 nitrogen and oxygen atoms in total. The molecule has 10 aromatic carbocycles. The summed E-state index contributed by atoms with van der Waals surface area (Å²) in [6.07, 6.45) is 0. The lowest BCUT2D eigenvalue weighted by atomic mass is 9.70. The first kappa shape index (κ1) is 34.0. The average molecular weight is 776 g/mol. The van der Waals surface area contributed by atoms with Gasteiger partial charge in [0.25, 0.3) is 0 Å². The molecule has 1 heterocycles. The summed E-state index contributed by atoms with van der Waals surface area (Å²) < 4.78 is 6.99. The van der Waals surface area contributed by atoms with Crippen molar-refractivity contribution in [3.63, 3.8) is 0 Å². The molecule has 0 saturated heterocycles. The number of benzene rings is 10. The Hall–Kier alpha value is -7.94. The summed E-state index contributed by atoms with van der Waals surface area (Å²) in [4.78, 5) is 2.46. The van der Waals surface area contributed by atoms with Crippen LogP contribution in [0.3, 0.4) is 0 Å². The number of hydrogen-bond donors (Lipinski definition) is 0. The highest BCUT2D eigenvalue weighted by Gasteiger charge is 2.52. The van der Waals surface area contributed by atoms with E-state index in [0.717, 1.165) is 44.6 Å². The number of para-hydroxylation sites is 1. The Bertz CT molecular complexity index is 3480. The van der Waals surface area contributed by atoms with Gasteiger partial charge in [0.1, 0.15) is 5.58 Å². The van der Waals surface area contributed by atoms with Crippen molar-refractivity contribution in [2.75, 3.05) is 4.90 Å². The first-order valence-corrected chi connectivity index (χ1v) is 21.1. The highest BCUT2D eigenvalue weighted by atomic mass is 16.3. The largest absolute Gasteiger partial charge is 0.454 e. The van der Waals surface area contributed by atoms with Gasteiger partial charge in [-0.25, -0.2) is 0 Å². The SMILES string of the molecule is c1ccc(-c2ccc(-c3ccc(N(c4cccc5c4-c4ccccc4C54c5ccccc5-c5ccccc54)c4cc5ccccc5c5c4oc4ccccc45)cc3)cc2)cc1. The standard InChI is InChI=1S/C59H37NO/c1-2-15-38(16-3-1)39-29-31-40(32-30-39)41-33-35-43(36-34-41)60(54-37-42-17-4-5-18-44(42)56-48-22-9-13-28-55(48)61-58(54)56)53-27-14-26-52-57(53)47-21-8-12-25-51(47)59(52)49-23-10-6-19-45(49)46-20-7-11-24-50(46)59/h1-37H. The summed E-state index contributed by atoms with van der Waals surface area (Å²) >= 11 is 0. The highest BCUT2D eigenvalue weighted by Crippen LogP contribution is 2.65. The van der Waals surface area contributed by atoms with Crippen LogP contribution in [-0.2, 0) is 5.41 Å². The van der Waals surface area contributed by atoms with Crippen LogP contribution >= 0.6 is 0 Å². The minimum Gasteiger partial charge on any atom is -0.454 e. The van der Waals surface area contributed by atoms with Gasteiger partial charge in [-0.1, -0.05) is 194 Å². The molecule has 2 aliphatic rings. The first-order valence-electron chi connectivity index (χ1n) is 21.1. The molecule has 0 N–H and O–H groups in total. The van der Waals surface area contributed by atoms with Crippen LogP contribution in [-0.4, -0.2) is 0 Å². The molecule has 61 heavy (non-hydrogen) atoms. The molecule has 0 saturated carbocycles. The lowest BCUT2D eigenvalue weighted by Crippen LogP contribution is -2.26. The minimum atomic E-state index is -0.464. The van der Waals surface area contributed by atoms with E-state index in [1.807, 2.05) is 0 Å². The normalized spacial score (nSPS) is 13.0. The molecule has 11 aromatic rings. The molecule has 1 aromatic heterocycles. The predicted molar refractivity (Wildman–Crippen MR) is 253 cm³/mol. The van der Waals surface area contributed by atoms with E-state index in [2.05, 4.69) is 229 Å². The van der Waals surface area contributed by atoms with Crippen molar-refractivity contribution in [2.24, 2.45) is 0 Å². The molecule has 0 fully saturated rings. The number of furan rings is 1. The van der Waals surface area contributed by atoms with E-state index in [9.17, 15) is 0 Å². The molecule has 0 aliphatic heterocycles. The maximum Gasteiger partial charge on any atom is 0.160 e. The zero-order valence-electron chi connectivity index (χ0n) is 33.2. The fourth-order valence-corrected chi connectivity index (χ4v) is 10.7. The van der Waals surface area contributed by atoms with Crippen molar-refractivity contribution in [3.05, 3.63) is 247 Å². The average Bonchev–Trinajstić information content (AvgIpc) is 3.98. The Balaban J connectivity index is 1.08. The van der Waals surface area contributed by atoms with Crippen molar-refractivity contribution in [3.8, 4) is 44.5 Å². The summed E-state index contributed by atoms with van der Waals surface area (Å²) in [5, 5.41) is 4.60. The number of fused-ring (bicyclic) bond motifs is 15. The van der Waals surface area contributed by atoms with Crippen molar-refractivity contribution in [2.45, 2.75) is 5.41 Å². The van der Waals surface area contributed by atoms with Gasteiger partial charge in [0.15, 0.2) is 5.58 Å². The maximum absolute atomic E-state index is 6.99. The molecule has 0 amide bonds. The van der Waals surface area contributed by atoms with Crippen LogP contribution in [0.15, 0.2) is 229 Å². The number of nitrogens with zero attached hydrogens (tertiary/aromatic N) is 1. The van der Waals surface area contributed by atoms with Gasteiger partial charge in [0.2, 0.25) is 0 Å². The van der Waals surface area contributed by atoms with Crippen molar-refractivity contribution in [1.82, 2.24) is 0 Å². The van der Waals surface area contributed by atoms with E-state index in [-0.39, 0.29) is 0 Å². The molecular weight excluding hydrogens is 739 g/mol. The molecule has 284 valence electrons. The number of rotatable bonds is 5. The Kier molecular flexibility index (Phi) is 7.26. The second-order valence-corrected chi connectivity index (χ2v) is 16.3. The van der Waals surface area contributed by atoms with Crippen molar-refractivity contribution >= 4 is 49.8 Å². The smallest absolute Gasteiger partial charge is 0.160 e. The lowest BCUT2D eigenvalue weighted by molar-refractivity contribution is 0.669. The third kappa shape index (κ3) is 4.79. The van der Waals surface area contributed by atoms with Gasteiger partial charge in [-0.15, -0.1) is 0 Å². The molecule has 2 aliphatic carbocycles. The topological polar surface area (TPSA) is 16.4 Å². The fraction of sp³-hybridized carbons (Fsp3) is 0.0169. The van der Waals surface area contributed by atoms with Crippen LogP contribution < -0.4 is 4.90 Å². The quantitative estimate of drug-likeness (QED) is 0.173. The Morgan fingerprint density at radius 1 is 0.361 bits per heavy atom. The monoisotopic (exact) mass is 775 g/mol. The molecule has 1 spiro atoms. The third-order valence-electron chi connectivity index (χ3n) is 13.3. The molecule has 0 bridgehead atoms. The van der Waals surface area contributed by atoms with Crippen molar-refractivity contribution < 1.29 is 4.42 Å². The zero-order valence-corrected chi connectivity index (χ0v) is 33.2. The summed E-state index contributed by atoms with van der Waals surface area (Å²) in [5.41, 5.74) is 19.6. The maximum atomic E-state index is 6.99. The highest BCUT2D eigenvalue weighted by molar-refractivity contribution is 6.23. The van der Waals surface area contributed by atoms with E-state index in [1.54, 1.807) is 0 Å². The Morgan fingerprint density at radius 3 is 1.56 bits per heavy atom. The van der Waals surface area contributed by atoms with Crippen molar-refractivity contribution in [1.29, 1.82) is 0 Å². The van der Waals surface area contributed by atoms with Crippen LogP contribution in [0.2, 0.25) is 0 Å². The Morgan fingerprint density at radius 2 is 0.869 bits per heavy atom. The summed E-state index contributed by atoms with van der Waals surface area (Å²) in [7, 11) is 0. The second-order valence-electron chi connectivity index (χ2n) is 16.3. The van der Waals surface area contributed by atoms with Crippen LogP contribution in [0.1, 0.15) is 22.3 Å². The van der Waals surface area contributed by atoms with Gasteiger partial charge in [-0.2, -0.15) is 0 Å². The number of anilines is 3. The van der Waals surface area contributed by atoms with E-state index in [1.165, 1.54) is 72.0 Å². The summed E-state index contributed by atoms with van der Waals surface area (Å²) in [6, 6.07) is 82.1. The molecule has 0 unspecified atom stereocenters. The zero-order chi connectivity index (χ0) is 40.1. The fourth-order valence-electron chi connectivity index (χ4n) is 10.7. The van der Waals surface area contributed by atoms with Gasteiger partial charge in [0, 0.05) is 22.0 Å². The van der Waals surface area contributed by atoms with Crippen LogP contribution in [0.4, 0.5) is 17.1 Å². The van der Waals surface area contributed by atoms with Gasteiger partial charge < -0.3 is 9.32 Å². The second kappa shape index (κ2) is 13.0. The summed E-state index contributed by atoms with van der Waals surface area (Å²) in [5.74, 6) is 0. The minimum absolute atomic E-state index is 0.464. The van der Waals surface area contributed by atoms with Gasteiger partial charge in [0.05, 0.1) is 16.8 Å². The van der Waals surface area contributed by atoms with Gasteiger partial charge in [-0.3, -0.25) is 0 Å². The lowest BCUT2D eigenvalue weighted by Gasteiger charge is -2.32. The molecule has 13 rings (SSSR count). The van der Waals surface area contributed by atoms with Crippen LogP contribution in [0.25, 0.3) is 77.2 Å². The first-order chi connectivity index (χ1) is 30.3. The van der Waals surface area contributed by atoms with Gasteiger partial charge >= 0.3 is 0 Å². The predicted octanol–water partition coefficient (Wildman–Crippen LogP) is 15.9. The summed E-state index contributed by atoms with van der Waals surface area (Å²) in [6.45, 7) is 0. The molecule has 0 atom stereocenters. The van der Waals surface area contributed by atoms with Crippen LogP contribution in [0.5, 0.6) is 0 Å². The molecule has 2 heteroatoms.